The van der Waals surface area contributed by atoms with E-state index in [1.807, 2.05) is 12.1 Å². The fourth-order valence-electron chi connectivity index (χ4n) is 4.13. The van der Waals surface area contributed by atoms with Crippen LogP contribution in [0.5, 0.6) is 11.6 Å². The second kappa shape index (κ2) is 8.47. The van der Waals surface area contributed by atoms with Gasteiger partial charge in [0.2, 0.25) is 5.88 Å². The van der Waals surface area contributed by atoms with Gasteiger partial charge < -0.3 is 20.1 Å². The topological polar surface area (TPSA) is 100 Å². The molecule has 3 N–H and O–H groups in total. The number of hydrogen-bond acceptors (Lipinski definition) is 5. The van der Waals surface area contributed by atoms with Crippen molar-refractivity contribution in [1.29, 1.82) is 0 Å². The smallest absolute Gasteiger partial charge is 0.252 e. The first-order valence-corrected chi connectivity index (χ1v) is 10.7. The standard InChI is InChI=1S/C26H21FN4O3/c1-31-14-20-21(25(33)30-13-18-4-2-3-9-28-18)19-11-16(10-15-5-7-17(27)8-6-15)12-29-23(19)24(32)22(20)26(31)34/h2-9,11-12,14,32,34H,10,13H2,1H3,(H,30,33). The van der Waals surface area contributed by atoms with E-state index in [1.54, 1.807) is 49.9 Å². The quantitative estimate of drug-likeness (QED) is 0.368. The van der Waals surface area contributed by atoms with Gasteiger partial charge in [-0.1, -0.05) is 18.2 Å². The summed E-state index contributed by atoms with van der Waals surface area (Å²) in [7, 11) is 1.63. The van der Waals surface area contributed by atoms with Crippen LogP contribution in [-0.2, 0) is 20.0 Å². The average molecular weight is 456 g/mol. The Morgan fingerprint density at radius 3 is 2.59 bits per heavy atom. The van der Waals surface area contributed by atoms with E-state index in [9.17, 15) is 19.4 Å². The van der Waals surface area contributed by atoms with E-state index in [0.29, 0.717) is 28.5 Å². The Morgan fingerprint density at radius 2 is 1.85 bits per heavy atom. The molecule has 34 heavy (non-hydrogen) atoms. The van der Waals surface area contributed by atoms with Gasteiger partial charge in [0.05, 0.1) is 23.2 Å². The minimum atomic E-state index is -0.382. The molecule has 3 heterocycles. The number of carbonyl (C=O) groups excluding carboxylic acids is 1. The fraction of sp³-hybridized carbons (Fsp3) is 0.115. The lowest BCUT2D eigenvalue weighted by molar-refractivity contribution is 0.0953. The Balaban J connectivity index is 1.64. The molecular formula is C26H21FN4O3. The Bertz CT molecular complexity index is 1530. The van der Waals surface area contributed by atoms with Gasteiger partial charge in [0, 0.05) is 36.4 Å². The average Bonchev–Trinajstić information content (AvgIpc) is 3.14. The molecule has 8 heteroatoms. The van der Waals surface area contributed by atoms with Crippen molar-refractivity contribution in [3.05, 3.63) is 95.3 Å². The number of fused-ring (bicyclic) bond motifs is 2. The number of nitrogens with one attached hydrogen (secondary N) is 1. The largest absolute Gasteiger partial charge is 0.505 e. The summed E-state index contributed by atoms with van der Waals surface area (Å²) in [6.45, 7) is 0.213. The molecule has 0 atom stereocenters. The van der Waals surface area contributed by atoms with Crippen LogP contribution >= 0.6 is 0 Å². The normalized spacial score (nSPS) is 11.2. The predicted octanol–water partition coefficient (Wildman–Crippen LogP) is 4.19. The van der Waals surface area contributed by atoms with Gasteiger partial charge in [-0.25, -0.2) is 4.39 Å². The molecule has 0 bridgehead atoms. The van der Waals surface area contributed by atoms with Crippen LogP contribution in [0, 0.1) is 5.82 Å². The van der Waals surface area contributed by atoms with Crippen LogP contribution in [0.3, 0.4) is 0 Å². The number of rotatable bonds is 5. The molecule has 0 radical (unpaired) electrons. The van der Waals surface area contributed by atoms with Crippen LogP contribution in [0.25, 0.3) is 21.7 Å². The molecule has 0 saturated carbocycles. The molecule has 0 saturated heterocycles. The first-order chi connectivity index (χ1) is 16.4. The SMILES string of the molecule is Cn1cc2c(C(=O)NCc3ccccn3)c3cc(Cc4ccc(F)cc4)cnc3c(O)c2c1O. The Kier molecular flexibility index (Phi) is 5.33. The molecule has 7 nitrogen and oxygen atoms in total. The van der Waals surface area contributed by atoms with Crippen molar-refractivity contribution in [1.82, 2.24) is 19.9 Å². The van der Waals surface area contributed by atoms with Crippen LogP contribution in [0.2, 0.25) is 0 Å². The highest BCUT2D eigenvalue weighted by molar-refractivity contribution is 6.21. The van der Waals surface area contributed by atoms with Gasteiger partial charge in [0.15, 0.2) is 5.75 Å². The maximum absolute atomic E-state index is 13.4. The summed E-state index contributed by atoms with van der Waals surface area (Å²) in [5.41, 5.74) is 2.87. The predicted molar refractivity (Wildman–Crippen MR) is 126 cm³/mol. The van der Waals surface area contributed by atoms with E-state index in [-0.39, 0.29) is 40.8 Å². The number of aryl methyl sites for hydroxylation is 1. The van der Waals surface area contributed by atoms with Gasteiger partial charge in [0.1, 0.15) is 11.3 Å². The van der Waals surface area contributed by atoms with Crippen LogP contribution in [0.15, 0.2) is 67.1 Å². The van der Waals surface area contributed by atoms with E-state index >= 15 is 0 Å². The van der Waals surface area contributed by atoms with Gasteiger partial charge in [-0.05, 0) is 47.9 Å². The number of halogens is 1. The Labute approximate surface area is 194 Å². The molecule has 0 aliphatic heterocycles. The Morgan fingerprint density at radius 1 is 1.06 bits per heavy atom. The van der Waals surface area contributed by atoms with Crippen molar-refractivity contribution in [2.75, 3.05) is 0 Å². The number of aromatic nitrogens is 3. The summed E-state index contributed by atoms with van der Waals surface area (Å²) < 4.78 is 14.7. The van der Waals surface area contributed by atoms with E-state index in [0.717, 1.165) is 11.1 Å². The van der Waals surface area contributed by atoms with Gasteiger partial charge in [-0.2, -0.15) is 0 Å². The van der Waals surface area contributed by atoms with Crippen LogP contribution < -0.4 is 5.32 Å². The number of aromatic hydroxyl groups is 2. The molecule has 0 aliphatic rings. The van der Waals surface area contributed by atoms with Gasteiger partial charge in [0.25, 0.3) is 5.91 Å². The number of pyridine rings is 2. The van der Waals surface area contributed by atoms with Crippen LogP contribution in [0.4, 0.5) is 4.39 Å². The second-order valence-electron chi connectivity index (χ2n) is 8.12. The van der Waals surface area contributed by atoms with Gasteiger partial charge in [-0.3, -0.25) is 14.8 Å². The minimum Gasteiger partial charge on any atom is -0.505 e. The van der Waals surface area contributed by atoms with Gasteiger partial charge >= 0.3 is 0 Å². The van der Waals surface area contributed by atoms with Crippen molar-refractivity contribution in [2.24, 2.45) is 7.05 Å². The highest BCUT2D eigenvalue weighted by Crippen LogP contribution is 2.42. The number of phenolic OH excluding ortho intramolecular Hbond substituents is 1. The summed E-state index contributed by atoms with van der Waals surface area (Å²) >= 11 is 0. The number of phenols is 1. The van der Waals surface area contributed by atoms with Gasteiger partial charge in [-0.15, -0.1) is 0 Å². The van der Waals surface area contributed by atoms with Crippen molar-refractivity contribution >= 4 is 27.6 Å². The third kappa shape index (κ3) is 3.79. The monoisotopic (exact) mass is 456 g/mol. The zero-order valence-electron chi connectivity index (χ0n) is 18.3. The van der Waals surface area contributed by atoms with E-state index in [2.05, 4.69) is 15.3 Å². The van der Waals surface area contributed by atoms with Crippen molar-refractivity contribution in [3.8, 4) is 11.6 Å². The van der Waals surface area contributed by atoms with Crippen molar-refractivity contribution in [2.45, 2.75) is 13.0 Å². The van der Waals surface area contributed by atoms with Crippen molar-refractivity contribution in [3.63, 3.8) is 0 Å². The first kappa shape index (κ1) is 21.4. The van der Waals surface area contributed by atoms with E-state index in [1.165, 1.54) is 16.7 Å². The molecule has 2 aromatic carbocycles. The van der Waals surface area contributed by atoms with E-state index in [4.69, 9.17) is 0 Å². The number of hydrogen-bond donors (Lipinski definition) is 3. The van der Waals surface area contributed by atoms with Crippen LogP contribution in [-0.4, -0.2) is 30.7 Å². The third-order valence-corrected chi connectivity index (χ3v) is 5.80. The Hall–Kier alpha value is -4.46. The number of amides is 1. The highest BCUT2D eigenvalue weighted by Gasteiger charge is 2.24. The number of benzene rings is 2. The molecule has 3 aromatic heterocycles. The first-order valence-electron chi connectivity index (χ1n) is 10.7. The molecule has 0 spiro atoms. The third-order valence-electron chi connectivity index (χ3n) is 5.80. The number of carbonyl (C=O) groups is 1. The molecule has 5 rings (SSSR count). The molecular weight excluding hydrogens is 435 g/mol. The zero-order valence-corrected chi connectivity index (χ0v) is 18.3. The summed E-state index contributed by atoms with van der Waals surface area (Å²) in [6, 6.07) is 13.4. The maximum Gasteiger partial charge on any atom is 0.252 e. The lowest BCUT2D eigenvalue weighted by Crippen LogP contribution is -2.23. The molecule has 0 unspecified atom stereocenters. The minimum absolute atomic E-state index is 0.162. The fourth-order valence-corrected chi connectivity index (χ4v) is 4.13. The van der Waals surface area contributed by atoms with E-state index < -0.39 is 0 Å². The lowest BCUT2D eigenvalue weighted by Gasteiger charge is -2.12. The summed E-state index contributed by atoms with van der Waals surface area (Å²) in [5, 5.41) is 25.3. The summed E-state index contributed by atoms with van der Waals surface area (Å²) in [5.74, 6) is -1.06. The molecule has 1 amide bonds. The molecule has 5 aromatic rings. The zero-order chi connectivity index (χ0) is 23.8. The van der Waals surface area contributed by atoms with Crippen molar-refractivity contribution < 1.29 is 19.4 Å². The summed E-state index contributed by atoms with van der Waals surface area (Å²) in [6.07, 6.45) is 5.33. The molecule has 0 aliphatic carbocycles. The maximum atomic E-state index is 13.4. The second-order valence-corrected chi connectivity index (χ2v) is 8.12. The number of nitrogens with zero attached hydrogens (tertiary/aromatic N) is 3. The summed E-state index contributed by atoms with van der Waals surface area (Å²) in [4.78, 5) is 22.1. The lowest BCUT2D eigenvalue weighted by atomic mass is 9.97. The highest BCUT2D eigenvalue weighted by atomic mass is 19.1. The molecule has 170 valence electrons. The molecule has 0 fully saturated rings. The van der Waals surface area contributed by atoms with Crippen LogP contribution in [0.1, 0.15) is 27.2 Å².